The predicted molar refractivity (Wildman–Crippen MR) is 139 cm³/mol. The number of carbonyl (C=O) groups excluding carboxylic acids is 2. The van der Waals surface area contributed by atoms with Crippen LogP contribution in [0.15, 0.2) is 59.8 Å². The van der Waals surface area contributed by atoms with Crippen LogP contribution in [0.2, 0.25) is 0 Å². The Labute approximate surface area is 206 Å². The van der Waals surface area contributed by atoms with Crippen LogP contribution in [-0.2, 0) is 22.6 Å². The molecule has 3 aromatic rings. The molecule has 182 valence electrons. The molecule has 1 atom stereocenters. The fraction of sp³-hybridized carbons (Fsp3) is 0.320. The quantitative estimate of drug-likeness (QED) is 0.163. The van der Waals surface area contributed by atoms with Gasteiger partial charge < -0.3 is 26.8 Å². The van der Waals surface area contributed by atoms with Gasteiger partial charge in [0.1, 0.15) is 0 Å². The van der Waals surface area contributed by atoms with E-state index in [2.05, 4.69) is 32.1 Å². The van der Waals surface area contributed by atoms with Gasteiger partial charge in [-0.05, 0) is 35.1 Å². The molecule has 0 radical (unpaired) electrons. The summed E-state index contributed by atoms with van der Waals surface area (Å²) in [4.78, 5) is 28.1. The molecule has 9 heteroatoms. The summed E-state index contributed by atoms with van der Waals surface area (Å²) in [5.74, 6) is 4.84. The van der Waals surface area contributed by atoms with Crippen LogP contribution >= 0.6 is 12.4 Å². The van der Waals surface area contributed by atoms with Gasteiger partial charge in [0, 0.05) is 30.2 Å². The molecule has 1 heterocycles. The number of rotatable bonds is 11. The number of hydrogen-bond acceptors (Lipinski definition) is 5. The lowest BCUT2D eigenvalue weighted by atomic mass is 10.0. The number of nitrogens with zero attached hydrogens (tertiary/aromatic N) is 1. The predicted octanol–water partition coefficient (Wildman–Crippen LogP) is 2.47. The summed E-state index contributed by atoms with van der Waals surface area (Å²) in [5.41, 5.74) is 4.19. The van der Waals surface area contributed by atoms with Gasteiger partial charge in [0.05, 0.1) is 18.8 Å². The lowest BCUT2D eigenvalue weighted by molar-refractivity contribution is -0.128. The van der Waals surface area contributed by atoms with Gasteiger partial charge in [-0.2, -0.15) is 5.10 Å². The molecule has 1 aromatic heterocycles. The second-order valence-electron chi connectivity index (χ2n) is 8.30. The summed E-state index contributed by atoms with van der Waals surface area (Å²) in [6.07, 6.45) is 4.26. The third kappa shape index (κ3) is 7.60. The van der Waals surface area contributed by atoms with E-state index in [9.17, 15) is 9.59 Å². The van der Waals surface area contributed by atoms with E-state index in [1.165, 1.54) is 0 Å². The first kappa shape index (κ1) is 26.9. The number of benzene rings is 2. The van der Waals surface area contributed by atoms with E-state index in [0.29, 0.717) is 13.1 Å². The van der Waals surface area contributed by atoms with Crippen LogP contribution in [0.3, 0.4) is 0 Å². The van der Waals surface area contributed by atoms with Crippen LogP contribution in [0.4, 0.5) is 0 Å². The van der Waals surface area contributed by atoms with E-state index in [0.717, 1.165) is 34.0 Å². The highest BCUT2D eigenvalue weighted by Crippen LogP contribution is 2.17. The number of aromatic nitrogens is 1. The van der Waals surface area contributed by atoms with Gasteiger partial charge in [0.2, 0.25) is 11.8 Å². The van der Waals surface area contributed by atoms with Crippen molar-refractivity contribution in [1.29, 1.82) is 0 Å². The molecule has 2 aromatic carbocycles. The van der Waals surface area contributed by atoms with Gasteiger partial charge in [0.15, 0.2) is 0 Å². The van der Waals surface area contributed by atoms with E-state index in [4.69, 9.17) is 5.84 Å². The van der Waals surface area contributed by atoms with Crippen molar-refractivity contribution in [2.24, 2.45) is 16.9 Å². The molecule has 3 rings (SSSR count). The first-order valence-electron chi connectivity index (χ1n) is 11.1. The minimum atomic E-state index is -0.408. The first-order valence-corrected chi connectivity index (χ1v) is 11.1. The minimum Gasteiger partial charge on any atom is -0.361 e. The number of H-pyrrole nitrogens is 1. The van der Waals surface area contributed by atoms with Gasteiger partial charge in [-0.1, -0.05) is 56.3 Å². The molecule has 0 saturated heterocycles. The Balaban J connectivity index is 0.00000408. The summed E-state index contributed by atoms with van der Waals surface area (Å²) < 4.78 is 0. The molecule has 6 N–H and O–H groups in total. The van der Waals surface area contributed by atoms with Crippen LogP contribution in [0.1, 0.15) is 30.5 Å². The first-order chi connectivity index (χ1) is 16.0. The maximum absolute atomic E-state index is 12.7. The summed E-state index contributed by atoms with van der Waals surface area (Å²) in [5, 5.41) is 13.6. The van der Waals surface area contributed by atoms with Crippen molar-refractivity contribution >= 4 is 41.3 Å². The third-order valence-corrected chi connectivity index (χ3v) is 5.49. The van der Waals surface area contributed by atoms with Gasteiger partial charge in [-0.3, -0.25) is 9.59 Å². The third-order valence-electron chi connectivity index (χ3n) is 5.49. The fourth-order valence-electron chi connectivity index (χ4n) is 3.68. The molecule has 0 saturated carbocycles. The minimum absolute atomic E-state index is 0. The smallest absolute Gasteiger partial charge is 0.239 e. The Morgan fingerprint density at radius 3 is 2.53 bits per heavy atom. The zero-order valence-corrected chi connectivity index (χ0v) is 20.3. The normalized spacial score (nSPS) is 12.0. The zero-order chi connectivity index (χ0) is 23.6. The van der Waals surface area contributed by atoms with Gasteiger partial charge in [-0.15, -0.1) is 12.4 Å². The average molecular weight is 485 g/mol. The summed E-state index contributed by atoms with van der Waals surface area (Å²) in [6.45, 7) is 4.93. The van der Waals surface area contributed by atoms with Crippen molar-refractivity contribution in [3.63, 3.8) is 0 Å². The molecule has 1 unspecified atom stereocenters. The lowest BCUT2D eigenvalue weighted by Crippen LogP contribution is -2.49. The largest absolute Gasteiger partial charge is 0.361 e. The molecular weight excluding hydrogens is 452 g/mol. The molecule has 0 spiro atoms. The topological polar surface area (TPSA) is 124 Å². The van der Waals surface area contributed by atoms with Crippen LogP contribution in [-0.4, -0.2) is 42.1 Å². The van der Waals surface area contributed by atoms with Crippen LogP contribution in [0.25, 0.3) is 10.9 Å². The SMILES string of the molecule is CC(C)C(NCc1ccc(C=NN)cc1)C(=O)NCC(=O)NCCc1c[nH]c2ccccc12.Cl. The number of nitrogens with one attached hydrogen (secondary N) is 4. The Hall–Kier alpha value is -3.36. The number of halogens is 1. The molecule has 0 fully saturated rings. The van der Waals surface area contributed by atoms with E-state index in [1.54, 1.807) is 6.21 Å². The molecule has 0 aliphatic carbocycles. The monoisotopic (exact) mass is 484 g/mol. The van der Waals surface area contributed by atoms with Crippen LogP contribution < -0.4 is 21.8 Å². The van der Waals surface area contributed by atoms with Crippen molar-refractivity contribution in [2.45, 2.75) is 32.9 Å². The van der Waals surface area contributed by atoms with Gasteiger partial charge in [0.25, 0.3) is 0 Å². The Bertz CT molecular complexity index is 1090. The standard InChI is InChI=1S/C25H32N6O2.ClH/c1-17(2)24(29-13-18-7-9-19(10-8-18)14-31-26)25(33)30-16-23(32)27-12-11-20-15-28-22-6-4-3-5-21(20)22;/h3-10,14-15,17,24,28-29H,11-13,16,26H2,1-2H3,(H,27,32)(H,30,33);1H. The van der Waals surface area contributed by atoms with Gasteiger partial charge in [-0.25, -0.2) is 0 Å². The Kier molecular flexibility index (Phi) is 10.6. The number of carbonyl (C=O) groups is 2. The van der Waals surface area contributed by atoms with E-state index >= 15 is 0 Å². The van der Waals surface area contributed by atoms with E-state index in [1.807, 2.05) is 62.5 Å². The Morgan fingerprint density at radius 1 is 1.09 bits per heavy atom. The van der Waals surface area contributed by atoms with Crippen LogP contribution in [0, 0.1) is 5.92 Å². The summed E-state index contributed by atoms with van der Waals surface area (Å²) in [7, 11) is 0. The second kappa shape index (κ2) is 13.4. The zero-order valence-electron chi connectivity index (χ0n) is 19.5. The number of aromatic amines is 1. The number of hydrazone groups is 1. The average Bonchev–Trinajstić information content (AvgIpc) is 3.22. The van der Waals surface area contributed by atoms with Crippen molar-refractivity contribution < 1.29 is 9.59 Å². The summed E-state index contributed by atoms with van der Waals surface area (Å²) >= 11 is 0. The van der Waals surface area contributed by atoms with Crippen molar-refractivity contribution in [3.8, 4) is 0 Å². The Morgan fingerprint density at radius 2 is 1.82 bits per heavy atom. The molecule has 0 aliphatic rings. The highest BCUT2D eigenvalue weighted by molar-refractivity contribution is 5.88. The number of hydrogen-bond donors (Lipinski definition) is 5. The molecule has 0 bridgehead atoms. The molecule has 0 aliphatic heterocycles. The van der Waals surface area contributed by atoms with Gasteiger partial charge >= 0.3 is 0 Å². The number of amides is 2. The lowest BCUT2D eigenvalue weighted by Gasteiger charge is -2.22. The maximum Gasteiger partial charge on any atom is 0.239 e. The fourth-order valence-corrected chi connectivity index (χ4v) is 3.68. The number of nitrogens with two attached hydrogens (primary N) is 1. The highest BCUT2D eigenvalue weighted by atomic mass is 35.5. The molecular formula is C25H33ClN6O2. The highest BCUT2D eigenvalue weighted by Gasteiger charge is 2.22. The summed E-state index contributed by atoms with van der Waals surface area (Å²) in [6, 6.07) is 15.4. The van der Waals surface area contributed by atoms with Crippen molar-refractivity contribution in [2.75, 3.05) is 13.1 Å². The van der Waals surface area contributed by atoms with E-state index < -0.39 is 6.04 Å². The second-order valence-corrected chi connectivity index (χ2v) is 8.30. The van der Waals surface area contributed by atoms with E-state index in [-0.39, 0.29) is 36.7 Å². The number of fused-ring (bicyclic) bond motifs is 1. The maximum atomic E-state index is 12.7. The molecule has 2 amide bonds. The van der Waals surface area contributed by atoms with Crippen molar-refractivity contribution in [3.05, 3.63) is 71.4 Å². The van der Waals surface area contributed by atoms with Crippen LogP contribution in [0.5, 0.6) is 0 Å². The number of para-hydroxylation sites is 1. The van der Waals surface area contributed by atoms with Crippen molar-refractivity contribution in [1.82, 2.24) is 20.9 Å². The molecule has 34 heavy (non-hydrogen) atoms. The molecule has 8 nitrogen and oxygen atoms in total.